The molecule has 52 heavy (non-hydrogen) atoms. The van der Waals surface area contributed by atoms with Crippen molar-refractivity contribution in [1.29, 1.82) is 0 Å². The number of carbonyl (C=O) groups excluding carboxylic acids is 5. The number of benzene rings is 2. The molecule has 0 bridgehead atoms. The Balaban J connectivity index is 1.58. The molecule has 0 aliphatic heterocycles. The predicted octanol–water partition coefficient (Wildman–Crippen LogP) is 3.44. The van der Waals surface area contributed by atoms with E-state index in [4.69, 9.17) is 9.47 Å². The van der Waals surface area contributed by atoms with Crippen LogP contribution in [-0.4, -0.2) is 68.3 Å². The molecule has 0 aliphatic rings. The van der Waals surface area contributed by atoms with Crippen LogP contribution >= 0.6 is 0 Å². The van der Waals surface area contributed by atoms with Crippen molar-refractivity contribution in [3.8, 4) is 11.4 Å². The first-order chi connectivity index (χ1) is 24.6. The highest BCUT2D eigenvalue weighted by atomic mass is 19.3. The highest BCUT2D eigenvalue weighted by Gasteiger charge is 2.50. The van der Waals surface area contributed by atoms with Crippen molar-refractivity contribution >= 4 is 35.3 Å². The van der Waals surface area contributed by atoms with Gasteiger partial charge in [-0.25, -0.2) is 9.78 Å². The van der Waals surface area contributed by atoms with Crippen LogP contribution < -0.4 is 21.5 Å². The van der Waals surface area contributed by atoms with Crippen LogP contribution in [0.4, 0.5) is 19.3 Å². The standard InChI is InChI=1S/C36H36F2N6O8/c1-35(2,3)52-29(46)20-41-33(49)36(37,38)30(47)26(17-23-11-6-4-7-12-23)42-28(45)21-44-31(25-15-10-16-39-18-25)40-19-27(32(44)48)43-34(50)51-22-24-13-8-5-9-14-24/h4-16,18-19,26H,17,20-22H2,1-3H3,(H,41,49)(H,42,45)(H,43,50). The zero-order valence-corrected chi connectivity index (χ0v) is 28.4. The average Bonchev–Trinajstić information content (AvgIpc) is 3.11. The summed E-state index contributed by atoms with van der Waals surface area (Å²) in [6.45, 7) is 2.72. The number of halogens is 2. The van der Waals surface area contributed by atoms with E-state index in [1.54, 1.807) is 86.8 Å². The molecule has 0 saturated carbocycles. The number of aromatic nitrogens is 3. The Bertz CT molecular complexity index is 1950. The number of ether oxygens (including phenoxy) is 2. The van der Waals surface area contributed by atoms with Gasteiger partial charge in [0.05, 0.1) is 12.2 Å². The lowest BCUT2D eigenvalue weighted by molar-refractivity contribution is -0.163. The summed E-state index contributed by atoms with van der Waals surface area (Å²) in [5, 5.41) is 6.22. The van der Waals surface area contributed by atoms with Crippen LogP contribution in [0.1, 0.15) is 31.9 Å². The van der Waals surface area contributed by atoms with Crippen molar-refractivity contribution in [2.24, 2.45) is 0 Å². The van der Waals surface area contributed by atoms with Crippen molar-refractivity contribution in [2.75, 3.05) is 11.9 Å². The van der Waals surface area contributed by atoms with Gasteiger partial charge >= 0.3 is 18.0 Å². The van der Waals surface area contributed by atoms with Crippen LogP contribution in [0, 0.1) is 0 Å². The fraction of sp³-hybridized carbons (Fsp3) is 0.278. The van der Waals surface area contributed by atoms with Gasteiger partial charge in [0, 0.05) is 24.4 Å². The summed E-state index contributed by atoms with van der Waals surface area (Å²) in [6.07, 6.45) is 2.42. The number of pyridine rings is 1. The molecule has 0 fully saturated rings. The minimum atomic E-state index is -4.70. The molecule has 3 N–H and O–H groups in total. The van der Waals surface area contributed by atoms with Crippen molar-refractivity contribution in [1.82, 2.24) is 25.2 Å². The molecule has 0 saturated heterocycles. The van der Waals surface area contributed by atoms with Crippen molar-refractivity contribution in [2.45, 2.75) is 57.9 Å². The van der Waals surface area contributed by atoms with E-state index in [1.165, 1.54) is 24.5 Å². The maximum Gasteiger partial charge on any atom is 0.412 e. The second kappa shape index (κ2) is 17.1. The molecule has 1 unspecified atom stereocenters. The molecule has 3 amide bonds. The smallest absolute Gasteiger partial charge is 0.412 e. The summed E-state index contributed by atoms with van der Waals surface area (Å²) in [5.74, 6) is -10.9. The molecule has 16 heteroatoms. The Kier molecular flexibility index (Phi) is 12.6. The number of rotatable bonds is 14. The number of carbonyl (C=O) groups is 5. The molecule has 4 aromatic rings. The quantitative estimate of drug-likeness (QED) is 0.129. The van der Waals surface area contributed by atoms with Gasteiger partial charge < -0.3 is 20.1 Å². The van der Waals surface area contributed by atoms with E-state index in [0.717, 1.165) is 10.8 Å². The Labute approximate surface area is 296 Å². The molecular weight excluding hydrogens is 682 g/mol. The molecule has 272 valence electrons. The van der Waals surface area contributed by atoms with Gasteiger partial charge in [-0.2, -0.15) is 8.78 Å². The second-order valence-electron chi connectivity index (χ2n) is 12.3. The zero-order chi connectivity index (χ0) is 37.9. The molecule has 1 atom stereocenters. The zero-order valence-electron chi connectivity index (χ0n) is 28.4. The number of Topliss-reactive ketones (excluding diaryl/α,β-unsaturated/α-hetero) is 1. The molecule has 0 spiro atoms. The third-order valence-corrected chi connectivity index (χ3v) is 7.06. The summed E-state index contributed by atoms with van der Waals surface area (Å²) in [7, 11) is 0. The Morgan fingerprint density at radius 3 is 2.15 bits per heavy atom. The number of hydrogen-bond donors (Lipinski definition) is 3. The lowest BCUT2D eigenvalue weighted by atomic mass is 9.98. The number of alkyl halides is 2. The van der Waals surface area contributed by atoms with Crippen LogP contribution in [0.25, 0.3) is 11.4 Å². The van der Waals surface area contributed by atoms with Crippen LogP contribution in [0.5, 0.6) is 0 Å². The SMILES string of the molecule is CC(C)(C)OC(=O)CNC(=O)C(F)(F)C(=O)C(Cc1ccccc1)NC(=O)Cn1c(-c2cccnc2)ncc(NC(=O)OCc2ccccc2)c1=O. The molecule has 14 nitrogen and oxygen atoms in total. The molecule has 0 aliphatic carbocycles. The predicted molar refractivity (Wildman–Crippen MR) is 183 cm³/mol. The number of amides is 3. The number of nitrogens with zero attached hydrogens (tertiary/aromatic N) is 3. The first kappa shape index (κ1) is 38.5. The molecule has 0 radical (unpaired) electrons. The molecule has 2 aromatic carbocycles. The van der Waals surface area contributed by atoms with E-state index in [9.17, 15) is 28.8 Å². The Morgan fingerprint density at radius 1 is 0.885 bits per heavy atom. The summed E-state index contributed by atoms with van der Waals surface area (Å²) in [6, 6.07) is 17.7. The van der Waals surface area contributed by atoms with E-state index in [0.29, 0.717) is 11.1 Å². The third kappa shape index (κ3) is 10.8. The van der Waals surface area contributed by atoms with Gasteiger partial charge in [0.1, 0.15) is 36.8 Å². The number of ketones is 1. The monoisotopic (exact) mass is 718 g/mol. The van der Waals surface area contributed by atoms with Gasteiger partial charge in [0.2, 0.25) is 11.7 Å². The fourth-order valence-corrected chi connectivity index (χ4v) is 4.73. The Hall–Kier alpha value is -6.32. The highest BCUT2D eigenvalue weighted by Crippen LogP contribution is 2.21. The summed E-state index contributed by atoms with van der Waals surface area (Å²) >= 11 is 0. The average molecular weight is 719 g/mol. The lowest BCUT2D eigenvalue weighted by Gasteiger charge is -2.24. The first-order valence-corrected chi connectivity index (χ1v) is 15.9. The van der Waals surface area contributed by atoms with Gasteiger partial charge in [-0.05, 0) is 44.0 Å². The van der Waals surface area contributed by atoms with Gasteiger partial charge in [-0.15, -0.1) is 0 Å². The molecule has 2 heterocycles. The normalized spacial score (nSPS) is 11.9. The van der Waals surface area contributed by atoms with E-state index in [1.807, 2.05) is 0 Å². The number of esters is 1. The summed E-state index contributed by atoms with van der Waals surface area (Å²) in [5.41, 5.74) is -0.914. The lowest BCUT2D eigenvalue weighted by Crippen LogP contribution is -2.56. The minimum Gasteiger partial charge on any atom is -0.459 e. The van der Waals surface area contributed by atoms with Gasteiger partial charge in [0.15, 0.2) is 0 Å². The maximum atomic E-state index is 15.3. The first-order valence-electron chi connectivity index (χ1n) is 15.9. The highest BCUT2D eigenvalue weighted by molar-refractivity contribution is 6.11. The minimum absolute atomic E-state index is 0.0748. The molecular formula is C36H36F2N6O8. The fourth-order valence-electron chi connectivity index (χ4n) is 4.73. The van der Waals surface area contributed by atoms with Gasteiger partial charge in [0.25, 0.3) is 11.5 Å². The van der Waals surface area contributed by atoms with Crippen molar-refractivity contribution in [3.63, 3.8) is 0 Å². The van der Waals surface area contributed by atoms with E-state index >= 15 is 8.78 Å². The van der Waals surface area contributed by atoms with Crippen molar-refractivity contribution in [3.05, 3.63) is 113 Å². The van der Waals surface area contributed by atoms with Crippen LogP contribution in [-0.2, 0) is 48.2 Å². The van der Waals surface area contributed by atoms with Crippen LogP contribution in [0.15, 0.2) is 96.2 Å². The maximum absolute atomic E-state index is 15.3. The van der Waals surface area contributed by atoms with Gasteiger partial charge in [-0.1, -0.05) is 60.7 Å². The number of anilines is 1. The topological polar surface area (TPSA) is 188 Å². The summed E-state index contributed by atoms with van der Waals surface area (Å²) < 4.78 is 41.7. The summed E-state index contributed by atoms with van der Waals surface area (Å²) in [4.78, 5) is 85.7. The largest absolute Gasteiger partial charge is 0.459 e. The number of nitrogens with one attached hydrogen (secondary N) is 3. The van der Waals surface area contributed by atoms with Crippen LogP contribution in [0.2, 0.25) is 0 Å². The third-order valence-electron chi connectivity index (χ3n) is 7.06. The van der Waals surface area contributed by atoms with E-state index < -0.39 is 72.3 Å². The van der Waals surface area contributed by atoms with E-state index in [-0.39, 0.29) is 23.7 Å². The number of hydrogen-bond acceptors (Lipinski definition) is 10. The van der Waals surface area contributed by atoms with E-state index in [2.05, 4.69) is 20.6 Å². The van der Waals surface area contributed by atoms with Crippen molar-refractivity contribution < 1.29 is 42.2 Å². The Morgan fingerprint density at radius 2 is 1.54 bits per heavy atom. The second-order valence-corrected chi connectivity index (χ2v) is 12.3. The van der Waals surface area contributed by atoms with Crippen LogP contribution in [0.3, 0.4) is 0 Å². The molecule has 2 aromatic heterocycles. The molecule has 4 rings (SSSR count). The van der Waals surface area contributed by atoms with Gasteiger partial charge in [-0.3, -0.25) is 38.8 Å².